The molecule has 0 fully saturated rings. The predicted octanol–water partition coefficient (Wildman–Crippen LogP) is 3.20. The van der Waals surface area contributed by atoms with Gasteiger partial charge in [-0.1, -0.05) is 27.2 Å². The highest BCUT2D eigenvalue weighted by atomic mass is 16.6. The number of nitrogens with one attached hydrogen (secondary N) is 2. The molecule has 0 spiro atoms. The van der Waals surface area contributed by atoms with Crippen LogP contribution in [0.5, 0.6) is 0 Å². The maximum absolute atomic E-state index is 11.0. The molecule has 0 amide bonds. The summed E-state index contributed by atoms with van der Waals surface area (Å²) in [4.78, 5) is 18.8. The van der Waals surface area contributed by atoms with Crippen LogP contribution in [0.2, 0.25) is 0 Å². The Bertz CT molecular complexity index is 439. The second-order valence-electron chi connectivity index (χ2n) is 4.65. The first kappa shape index (κ1) is 16.1. The minimum absolute atomic E-state index is 0.0819. The Balaban J connectivity index is 2.95. The molecule has 1 rings (SSSR count). The van der Waals surface area contributed by atoms with Crippen LogP contribution in [0.1, 0.15) is 46.5 Å². The van der Waals surface area contributed by atoms with Crippen LogP contribution in [-0.2, 0) is 0 Å². The van der Waals surface area contributed by atoms with Gasteiger partial charge in [0.25, 0.3) is 0 Å². The fraction of sp³-hybridized carbons (Fsp3) is 0.692. The molecule has 1 aromatic rings. The summed E-state index contributed by atoms with van der Waals surface area (Å²) in [5, 5.41) is 17.2. The van der Waals surface area contributed by atoms with E-state index in [9.17, 15) is 10.1 Å². The van der Waals surface area contributed by atoms with E-state index in [1.807, 2.05) is 6.92 Å². The fourth-order valence-corrected chi connectivity index (χ4v) is 1.86. The Morgan fingerprint density at radius 3 is 2.65 bits per heavy atom. The summed E-state index contributed by atoms with van der Waals surface area (Å²) in [6, 6.07) is 0.188. The SMILES string of the molecule is CCCNc1ncc([N+](=O)[O-])c(NC(CC)CCC)n1. The van der Waals surface area contributed by atoms with Gasteiger partial charge in [0.1, 0.15) is 6.20 Å². The van der Waals surface area contributed by atoms with E-state index in [1.54, 1.807) is 0 Å². The van der Waals surface area contributed by atoms with Crippen LogP contribution in [0.25, 0.3) is 0 Å². The molecule has 1 atom stereocenters. The van der Waals surface area contributed by atoms with Gasteiger partial charge in [0.2, 0.25) is 11.8 Å². The van der Waals surface area contributed by atoms with Crippen LogP contribution in [0, 0.1) is 10.1 Å². The van der Waals surface area contributed by atoms with Crippen molar-refractivity contribution in [1.82, 2.24) is 9.97 Å². The molecular weight excluding hydrogens is 258 g/mol. The van der Waals surface area contributed by atoms with Gasteiger partial charge in [-0.05, 0) is 19.3 Å². The van der Waals surface area contributed by atoms with Crippen molar-refractivity contribution in [3.8, 4) is 0 Å². The lowest BCUT2D eigenvalue weighted by Crippen LogP contribution is -2.20. The van der Waals surface area contributed by atoms with Gasteiger partial charge in [0.15, 0.2) is 0 Å². The van der Waals surface area contributed by atoms with Crippen molar-refractivity contribution in [3.05, 3.63) is 16.3 Å². The zero-order valence-corrected chi connectivity index (χ0v) is 12.3. The van der Waals surface area contributed by atoms with Gasteiger partial charge in [-0.25, -0.2) is 4.98 Å². The molecule has 2 N–H and O–H groups in total. The van der Waals surface area contributed by atoms with Crippen molar-refractivity contribution < 1.29 is 4.92 Å². The Kier molecular flexibility index (Phi) is 6.69. The van der Waals surface area contributed by atoms with E-state index < -0.39 is 4.92 Å². The van der Waals surface area contributed by atoms with Crippen LogP contribution in [0.3, 0.4) is 0 Å². The number of nitrogens with zero attached hydrogens (tertiary/aromatic N) is 3. The lowest BCUT2D eigenvalue weighted by Gasteiger charge is -2.17. The molecule has 1 aromatic heterocycles. The molecule has 1 unspecified atom stereocenters. The highest BCUT2D eigenvalue weighted by Crippen LogP contribution is 2.24. The summed E-state index contributed by atoms with van der Waals surface area (Å²) < 4.78 is 0. The molecule has 7 heteroatoms. The molecule has 0 aliphatic heterocycles. The number of rotatable bonds is 9. The minimum atomic E-state index is -0.454. The largest absolute Gasteiger partial charge is 0.361 e. The topological polar surface area (TPSA) is 93.0 Å². The fourth-order valence-electron chi connectivity index (χ4n) is 1.86. The monoisotopic (exact) mass is 281 g/mol. The molecule has 0 aliphatic carbocycles. The number of anilines is 2. The quantitative estimate of drug-likeness (QED) is 0.533. The molecule has 112 valence electrons. The summed E-state index contributed by atoms with van der Waals surface area (Å²) in [7, 11) is 0. The molecule has 1 heterocycles. The second-order valence-corrected chi connectivity index (χ2v) is 4.65. The van der Waals surface area contributed by atoms with E-state index in [0.717, 1.165) is 32.2 Å². The Hall–Kier alpha value is -1.92. The van der Waals surface area contributed by atoms with E-state index in [-0.39, 0.29) is 11.7 Å². The van der Waals surface area contributed by atoms with Crippen LogP contribution in [0.15, 0.2) is 6.20 Å². The van der Waals surface area contributed by atoms with Gasteiger partial charge in [0, 0.05) is 12.6 Å². The molecule has 0 aliphatic rings. The van der Waals surface area contributed by atoms with Gasteiger partial charge in [-0.2, -0.15) is 4.98 Å². The highest BCUT2D eigenvalue weighted by Gasteiger charge is 2.19. The van der Waals surface area contributed by atoms with E-state index >= 15 is 0 Å². The number of nitro groups is 1. The number of hydrogen-bond acceptors (Lipinski definition) is 6. The van der Waals surface area contributed by atoms with Crippen molar-refractivity contribution in [2.24, 2.45) is 0 Å². The molecule has 7 nitrogen and oxygen atoms in total. The van der Waals surface area contributed by atoms with E-state index in [1.165, 1.54) is 6.20 Å². The summed E-state index contributed by atoms with van der Waals surface area (Å²) in [6.45, 7) is 6.92. The predicted molar refractivity (Wildman–Crippen MR) is 80.1 cm³/mol. The van der Waals surface area contributed by atoms with Crippen LogP contribution >= 0.6 is 0 Å². The first-order valence-electron chi connectivity index (χ1n) is 7.14. The standard InChI is InChI=1S/C13H23N5O2/c1-4-7-10(6-3)16-12-11(18(19)20)9-15-13(17-12)14-8-5-2/h9-10H,4-8H2,1-3H3,(H2,14,15,16,17). The maximum Gasteiger partial charge on any atom is 0.329 e. The molecule has 0 saturated heterocycles. The van der Waals surface area contributed by atoms with E-state index in [2.05, 4.69) is 34.4 Å². The summed E-state index contributed by atoms with van der Waals surface area (Å²) in [6.07, 6.45) is 5.07. The first-order valence-corrected chi connectivity index (χ1v) is 7.14. The van der Waals surface area contributed by atoms with Crippen molar-refractivity contribution >= 4 is 17.5 Å². The molecule has 0 bridgehead atoms. The molecular formula is C13H23N5O2. The van der Waals surface area contributed by atoms with E-state index in [4.69, 9.17) is 0 Å². The van der Waals surface area contributed by atoms with Crippen LogP contribution in [0.4, 0.5) is 17.5 Å². The van der Waals surface area contributed by atoms with E-state index in [0.29, 0.717) is 11.8 Å². The average Bonchev–Trinajstić information content (AvgIpc) is 2.44. The van der Waals surface area contributed by atoms with Gasteiger partial charge >= 0.3 is 5.69 Å². The second kappa shape index (κ2) is 8.29. The summed E-state index contributed by atoms with van der Waals surface area (Å²) >= 11 is 0. The smallest absolute Gasteiger partial charge is 0.329 e. The third kappa shape index (κ3) is 4.64. The molecule has 0 saturated carbocycles. The third-order valence-electron chi connectivity index (χ3n) is 2.97. The van der Waals surface area contributed by atoms with Gasteiger partial charge < -0.3 is 10.6 Å². The summed E-state index contributed by atoms with van der Waals surface area (Å²) in [5.41, 5.74) is -0.0819. The zero-order valence-electron chi connectivity index (χ0n) is 12.3. The van der Waals surface area contributed by atoms with Crippen LogP contribution in [-0.4, -0.2) is 27.5 Å². The summed E-state index contributed by atoms with van der Waals surface area (Å²) in [5.74, 6) is 0.718. The average molecular weight is 281 g/mol. The number of hydrogen-bond donors (Lipinski definition) is 2. The van der Waals surface area contributed by atoms with Crippen molar-refractivity contribution in [2.75, 3.05) is 17.2 Å². The Labute approximate surface area is 119 Å². The zero-order chi connectivity index (χ0) is 15.0. The molecule has 20 heavy (non-hydrogen) atoms. The van der Waals surface area contributed by atoms with Crippen LogP contribution < -0.4 is 10.6 Å². The minimum Gasteiger partial charge on any atom is -0.361 e. The lowest BCUT2D eigenvalue weighted by atomic mass is 10.1. The first-order chi connectivity index (χ1) is 9.62. The lowest BCUT2D eigenvalue weighted by molar-refractivity contribution is -0.384. The normalized spacial score (nSPS) is 11.9. The Morgan fingerprint density at radius 2 is 2.10 bits per heavy atom. The Morgan fingerprint density at radius 1 is 1.35 bits per heavy atom. The number of aromatic nitrogens is 2. The molecule has 0 aromatic carbocycles. The van der Waals surface area contributed by atoms with Crippen molar-refractivity contribution in [1.29, 1.82) is 0 Å². The highest BCUT2D eigenvalue weighted by molar-refractivity contribution is 5.57. The van der Waals surface area contributed by atoms with Gasteiger partial charge in [-0.3, -0.25) is 10.1 Å². The maximum atomic E-state index is 11.0. The van der Waals surface area contributed by atoms with Crippen molar-refractivity contribution in [2.45, 2.75) is 52.5 Å². The third-order valence-corrected chi connectivity index (χ3v) is 2.97. The van der Waals surface area contributed by atoms with Crippen molar-refractivity contribution in [3.63, 3.8) is 0 Å². The van der Waals surface area contributed by atoms with Gasteiger partial charge in [-0.15, -0.1) is 0 Å². The molecule has 0 radical (unpaired) electrons. The van der Waals surface area contributed by atoms with Gasteiger partial charge in [0.05, 0.1) is 4.92 Å².